The van der Waals surface area contributed by atoms with Gasteiger partial charge in [0, 0.05) is 0 Å². The van der Waals surface area contributed by atoms with Crippen molar-refractivity contribution in [3.8, 4) is 5.75 Å². The molecule has 0 saturated carbocycles. The predicted octanol–water partition coefficient (Wildman–Crippen LogP) is 1.50. The topological polar surface area (TPSA) is 114 Å². The van der Waals surface area contributed by atoms with Gasteiger partial charge >= 0.3 is 12.2 Å². The molecule has 1 aromatic carbocycles. The third kappa shape index (κ3) is 4.83. The molecule has 1 aromatic rings. The Balaban J connectivity index is 1.92. The Morgan fingerprint density at radius 2 is 1.77 bits per heavy atom. The van der Waals surface area contributed by atoms with Crippen molar-refractivity contribution in [2.75, 3.05) is 13.2 Å². The number of nitrogens with two attached hydrogens (primary N) is 2. The van der Waals surface area contributed by atoms with Gasteiger partial charge in [0.05, 0.1) is 0 Å². The number of aryl methyl sites for hydroxylation is 2. The quantitative estimate of drug-likeness (QED) is 0.826. The molecule has 7 nitrogen and oxygen atoms in total. The number of fused-ring (bicyclic) bond motifs is 1. The van der Waals surface area contributed by atoms with Gasteiger partial charge in [-0.2, -0.15) is 0 Å². The van der Waals surface area contributed by atoms with Gasteiger partial charge in [-0.15, -0.1) is 0 Å². The first-order valence-electron chi connectivity index (χ1n) is 7.17. The van der Waals surface area contributed by atoms with Crippen LogP contribution in [0.4, 0.5) is 9.59 Å². The minimum atomic E-state index is -0.966. The maximum absolute atomic E-state index is 10.8. The van der Waals surface area contributed by atoms with E-state index in [4.69, 9.17) is 20.9 Å². The lowest BCUT2D eigenvalue weighted by Gasteiger charge is -2.19. The highest BCUT2D eigenvalue weighted by Gasteiger charge is 2.16. The molecule has 22 heavy (non-hydrogen) atoms. The number of hydrogen-bond donors (Lipinski definition) is 2. The molecule has 1 unspecified atom stereocenters. The van der Waals surface area contributed by atoms with E-state index < -0.39 is 18.3 Å². The first-order valence-corrected chi connectivity index (χ1v) is 7.17. The average Bonchev–Trinajstić information content (AvgIpc) is 2.49. The number of carbonyl (C=O) groups excluding carboxylic acids is 2. The fraction of sp³-hybridized carbons (Fsp3) is 0.467. The number of ether oxygens (including phenoxy) is 3. The molecule has 0 aliphatic heterocycles. The van der Waals surface area contributed by atoms with Crippen LogP contribution in [0.5, 0.6) is 5.75 Å². The van der Waals surface area contributed by atoms with Gasteiger partial charge in [-0.3, -0.25) is 0 Å². The van der Waals surface area contributed by atoms with E-state index in [0.717, 1.165) is 12.8 Å². The number of primary amides is 2. The molecule has 4 N–H and O–H groups in total. The normalized spacial score (nSPS) is 14.5. The monoisotopic (exact) mass is 308 g/mol. The molecular weight excluding hydrogens is 288 g/mol. The Bertz CT molecular complexity index is 547. The molecule has 0 radical (unpaired) electrons. The molecule has 1 atom stereocenters. The lowest BCUT2D eigenvalue weighted by Crippen LogP contribution is -2.33. The minimum absolute atomic E-state index is 0.0228. The average molecular weight is 308 g/mol. The molecule has 0 aromatic heterocycles. The van der Waals surface area contributed by atoms with Crippen LogP contribution in [0.3, 0.4) is 0 Å². The van der Waals surface area contributed by atoms with E-state index in [9.17, 15) is 9.59 Å². The van der Waals surface area contributed by atoms with Crippen LogP contribution >= 0.6 is 0 Å². The molecule has 1 aliphatic carbocycles. The molecule has 0 heterocycles. The number of carbonyl (C=O) groups is 2. The van der Waals surface area contributed by atoms with Crippen molar-refractivity contribution in [1.29, 1.82) is 0 Å². The van der Waals surface area contributed by atoms with Crippen LogP contribution in [0.25, 0.3) is 0 Å². The lowest BCUT2D eigenvalue weighted by atomic mass is 9.92. The van der Waals surface area contributed by atoms with Gasteiger partial charge in [0.1, 0.15) is 19.0 Å². The van der Waals surface area contributed by atoms with E-state index >= 15 is 0 Å². The number of hydrogen-bond acceptors (Lipinski definition) is 5. The summed E-state index contributed by atoms with van der Waals surface area (Å²) < 4.78 is 15.0. The van der Waals surface area contributed by atoms with Gasteiger partial charge in [0.15, 0.2) is 6.10 Å². The van der Waals surface area contributed by atoms with Gasteiger partial charge < -0.3 is 25.7 Å². The van der Waals surface area contributed by atoms with Crippen LogP contribution in [-0.4, -0.2) is 31.5 Å². The summed E-state index contributed by atoms with van der Waals surface area (Å²) in [7, 11) is 0. The summed E-state index contributed by atoms with van der Waals surface area (Å²) in [5.41, 5.74) is 12.5. The molecule has 0 bridgehead atoms. The van der Waals surface area contributed by atoms with Gasteiger partial charge in [0.25, 0.3) is 0 Å². The van der Waals surface area contributed by atoms with Crippen LogP contribution in [0.15, 0.2) is 18.2 Å². The molecule has 1 aliphatic rings. The third-order valence-corrected chi connectivity index (χ3v) is 3.45. The molecule has 2 amide bonds. The largest absolute Gasteiger partial charge is 0.490 e. The molecule has 2 rings (SSSR count). The van der Waals surface area contributed by atoms with Crippen molar-refractivity contribution in [2.45, 2.75) is 31.8 Å². The molecular formula is C15H20N2O5. The Kier molecular flexibility index (Phi) is 5.46. The Hall–Kier alpha value is -2.44. The second-order valence-corrected chi connectivity index (χ2v) is 5.14. The van der Waals surface area contributed by atoms with E-state index in [2.05, 4.69) is 4.74 Å². The number of rotatable bonds is 6. The summed E-state index contributed by atoms with van der Waals surface area (Å²) in [4.78, 5) is 21.4. The second-order valence-electron chi connectivity index (χ2n) is 5.14. The van der Waals surface area contributed by atoms with Crippen molar-refractivity contribution < 1.29 is 23.8 Å². The second kappa shape index (κ2) is 7.53. The molecule has 0 saturated heterocycles. The van der Waals surface area contributed by atoms with Crippen LogP contribution in [-0.2, 0) is 22.3 Å². The summed E-state index contributed by atoms with van der Waals surface area (Å²) in [5.74, 6) is 0.679. The maximum Gasteiger partial charge on any atom is 0.405 e. The van der Waals surface area contributed by atoms with Gasteiger partial charge in [-0.05, 0) is 48.9 Å². The summed E-state index contributed by atoms with van der Waals surface area (Å²) in [6.45, 7) is -0.182. The summed E-state index contributed by atoms with van der Waals surface area (Å²) in [6.07, 6.45) is 1.80. The van der Waals surface area contributed by atoms with Crippen LogP contribution in [0, 0.1) is 0 Å². The van der Waals surface area contributed by atoms with E-state index in [-0.39, 0.29) is 13.2 Å². The molecule has 7 heteroatoms. The standard InChI is InChI=1S/C15H20N2O5/c16-14(18)21-9-13(22-15(17)19)8-20-12-6-5-10-3-1-2-4-11(10)7-12/h5-7,13H,1-4,8-9H2,(H2,16,18)(H2,17,19). The fourth-order valence-electron chi connectivity index (χ4n) is 2.44. The van der Waals surface area contributed by atoms with Gasteiger partial charge in [0.2, 0.25) is 0 Å². The molecule has 0 spiro atoms. The predicted molar refractivity (Wildman–Crippen MR) is 78.6 cm³/mol. The summed E-state index contributed by atoms with van der Waals surface area (Å²) in [6, 6.07) is 5.92. The highest BCUT2D eigenvalue weighted by molar-refractivity contribution is 5.65. The van der Waals surface area contributed by atoms with Crippen molar-refractivity contribution in [2.24, 2.45) is 11.5 Å². The minimum Gasteiger partial charge on any atom is -0.490 e. The third-order valence-electron chi connectivity index (χ3n) is 3.45. The number of amides is 2. The van der Waals surface area contributed by atoms with Crippen molar-refractivity contribution in [1.82, 2.24) is 0 Å². The van der Waals surface area contributed by atoms with Crippen molar-refractivity contribution in [3.63, 3.8) is 0 Å². The summed E-state index contributed by atoms with van der Waals surface area (Å²) in [5, 5.41) is 0. The first kappa shape index (κ1) is 15.9. The van der Waals surface area contributed by atoms with Gasteiger partial charge in [-0.25, -0.2) is 9.59 Å². The highest BCUT2D eigenvalue weighted by Crippen LogP contribution is 2.25. The zero-order valence-corrected chi connectivity index (χ0v) is 12.2. The van der Waals surface area contributed by atoms with Crippen molar-refractivity contribution in [3.05, 3.63) is 29.3 Å². The lowest BCUT2D eigenvalue weighted by molar-refractivity contribution is 0.0258. The Morgan fingerprint density at radius 1 is 1.05 bits per heavy atom. The van der Waals surface area contributed by atoms with Crippen LogP contribution in [0.2, 0.25) is 0 Å². The highest BCUT2D eigenvalue weighted by atomic mass is 16.6. The Labute approximate surface area is 128 Å². The van der Waals surface area contributed by atoms with Gasteiger partial charge in [-0.1, -0.05) is 6.07 Å². The summed E-state index contributed by atoms with van der Waals surface area (Å²) >= 11 is 0. The first-order chi connectivity index (χ1) is 10.5. The van der Waals surface area contributed by atoms with E-state index in [1.165, 1.54) is 24.0 Å². The fourth-order valence-corrected chi connectivity index (χ4v) is 2.44. The van der Waals surface area contributed by atoms with Crippen LogP contribution in [0.1, 0.15) is 24.0 Å². The number of benzene rings is 1. The van der Waals surface area contributed by atoms with E-state index in [1.54, 1.807) is 0 Å². The zero-order chi connectivity index (χ0) is 15.9. The molecule has 0 fully saturated rings. The zero-order valence-electron chi connectivity index (χ0n) is 12.2. The Morgan fingerprint density at radius 3 is 2.45 bits per heavy atom. The maximum atomic E-state index is 10.8. The van der Waals surface area contributed by atoms with Crippen LogP contribution < -0.4 is 16.2 Å². The molecule has 120 valence electrons. The smallest absolute Gasteiger partial charge is 0.405 e. The van der Waals surface area contributed by atoms with E-state index in [0.29, 0.717) is 5.75 Å². The van der Waals surface area contributed by atoms with E-state index in [1.807, 2.05) is 18.2 Å². The van der Waals surface area contributed by atoms with Crippen molar-refractivity contribution >= 4 is 12.2 Å². The SMILES string of the molecule is NC(=O)OCC(COc1ccc2c(c1)CCCC2)OC(N)=O.